The summed E-state index contributed by atoms with van der Waals surface area (Å²) < 4.78 is 11.1. The molecule has 26 heavy (non-hydrogen) atoms. The van der Waals surface area contributed by atoms with Crippen molar-refractivity contribution in [1.82, 2.24) is 15.5 Å². The second kappa shape index (κ2) is 11.1. The minimum atomic E-state index is 0.534. The second-order valence-corrected chi connectivity index (χ2v) is 7.98. The van der Waals surface area contributed by atoms with Crippen LogP contribution in [0.1, 0.15) is 51.9 Å². The summed E-state index contributed by atoms with van der Waals surface area (Å²) in [4.78, 5) is 7.43. The third-order valence-electron chi connectivity index (χ3n) is 5.84. The lowest BCUT2D eigenvalue weighted by Gasteiger charge is -2.24. The Bertz CT molecular complexity index is 420. The van der Waals surface area contributed by atoms with E-state index in [0.717, 1.165) is 64.4 Å². The number of likely N-dealkylation sites (tertiary alicyclic amines) is 1. The molecule has 0 aromatic carbocycles. The average Bonchev–Trinajstić information content (AvgIpc) is 3.40. The molecule has 2 aliphatic heterocycles. The lowest BCUT2D eigenvalue weighted by molar-refractivity contribution is 0.0893. The predicted molar refractivity (Wildman–Crippen MR) is 106 cm³/mol. The highest BCUT2D eigenvalue weighted by molar-refractivity contribution is 5.80. The van der Waals surface area contributed by atoms with Gasteiger partial charge in [0.2, 0.25) is 0 Å². The van der Waals surface area contributed by atoms with Gasteiger partial charge in [0.05, 0.1) is 13.2 Å². The van der Waals surface area contributed by atoms with Gasteiger partial charge in [0, 0.05) is 57.4 Å². The van der Waals surface area contributed by atoms with Gasteiger partial charge in [-0.3, -0.25) is 9.89 Å². The first-order chi connectivity index (χ1) is 12.8. The maximum Gasteiger partial charge on any atom is 0.191 e. The van der Waals surface area contributed by atoms with Crippen LogP contribution in [-0.4, -0.2) is 75.5 Å². The predicted octanol–water partition coefficient (Wildman–Crippen LogP) is 2.00. The van der Waals surface area contributed by atoms with Crippen LogP contribution in [-0.2, 0) is 9.47 Å². The molecule has 1 saturated carbocycles. The Morgan fingerprint density at radius 2 is 2.12 bits per heavy atom. The monoisotopic (exact) mass is 366 g/mol. The Kier molecular flexibility index (Phi) is 8.49. The molecule has 2 N–H and O–H groups in total. The van der Waals surface area contributed by atoms with Crippen molar-refractivity contribution in [3.63, 3.8) is 0 Å². The molecule has 1 aliphatic carbocycles. The highest BCUT2D eigenvalue weighted by Crippen LogP contribution is 2.26. The number of ether oxygens (including phenoxy) is 2. The number of nitrogens with one attached hydrogen (secondary N) is 2. The minimum absolute atomic E-state index is 0.534. The third kappa shape index (κ3) is 6.39. The zero-order chi connectivity index (χ0) is 18.0. The van der Waals surface area contributed by atoms with E-state index in [1.54, 1.807) is 0 Å². The Labute approximate surface area is 159 Å². The van der Waals surface area contributed by atoms with Crippen molar-refractivity contribution in [1.29, 1.82) is 0 Å². The lowest BCUT2D eigenvalue weighted by atomic mass is 10.1. The van der Waals surface area contributed by atoms with Gasteiger partial charge in [0.1, 0.15) is 0 Å². The van der Waals surface area contributed by atoms with Crippen LogP contribution in [0.5, 0.6) is 0 Å². The molecule has 3 fully saturated rings. The largest absolute Gasteiger partial charge is 0.381 e. The number of hydrogen-bond acceptors (Lipinski definition) is 4. The van der Waals surface area contributed by atoms with E-state index in [0.29, 0.717) is 12.0 Å². The highest BCUT2D eigenvalue weighted by atomic mass is 16.5. The molecule has 2 saturated heterocycles. The summed E-state index contributed by atoms with van der Waals surface area (Å²) in [6.45, 7) is 9.64. The van der Waals surface area contributed by atoms with Crippen molar-refractivity contribution in [3.05, 3.63) is 0 Å². The normalized spacial score (nSPS) is 28.1. The number of rotatable bonds is 9. The zero-order valence-corrected chi connectivity index (χ0v) is 16.5. The van der Waals surface area contributed by atoms with Gasteiger partial charge < -0.3 is 20.1 Å². The number of nitrogens with zero attached hydrogens (tertiary/aromatic N) is 2. The summed E-state index contributed by atoms with van der Waals surface area (Å²) in [5, 5.41) is 7.04. The molecule has 0 radical (unpaired) electrons. The molecule has 0 aromatic rings. The molecular weight excluding hydrogens is 328 g/mol. The van der Waals surface area contributed by atoms with Crippen molar-refractivity contribution >= 4 is 5.96 Å². The molecule has 0 bridgehead atoms. The molecule has 6 heteroatoms. The fourth-order valence-corrected chi connectivity index (χ4v) is 4.34. The average molecular weight is 367 g/mol. The highest BCUT2D eigenvalue weighted by Gasteiger charge is 2.30. The van der Waals surface area contributed by atoms with E-state index in [2.05, 4.69) is 22.5 Å². The Hall–Kier alpha value is -0.850. The standard InChI is InChI=1S/C20H38N4O2/c1-2-21-20(22-10-5-12-25-15-17-9-13-26-16-17)23-18-8-11-24(14-18)19-6-3-4-7-19/h17-19H,2-16H2,1H3,(H2,21,22,23). The van der Waals surface area contributed by atoms with Crippen LogP contribution in [0.15, 0.2) is 4.99 Å². The van der Waals surface area contributed by atoms with E-state index in [1.807, 2.05) is 0 Å². The molecule has 0 aromatic heterocycles. The van der Waals surface area contributed by atoms with E-state index in [1.165, 1.54) is 45.2 Å². The summed E-state index contributed by atoms with van der Waals surface area (Å²) in [6.07, 6.45) is 8.97. The van der Waals surface area contributed by atoms with Gasteiger partial charge >= 0.3 is 0 Å². The molecule has 3 rings (SSSR count). The smallest absolute Gasteiger partial charge is 0.191 e. The molecular formula is C20H38N4O2. The van der Waals surface area contributed by atoms with Gasteiger partial charge in [-0.05, 0) is 39.0 Å². The quantitative estimate of drug-likeness (QED) is 0.371. The van der Waals surface area contributed by atoms with Crippen molar-refractivity contribution in [3.8, 4) is 0 Å². The topological polar surface area (TPSA) is 58.1 Å². The SMILES string of the molecule is CCNC(=NCCCOCC1CCOC1)NC1CCN(C2CCCC2)C1. The van der Waals surface area contributed by atoms with E-state index in [9.17, 15) is 0 Å². The van der Waals surface area contributed by atoms with Gasteiger partial charge in [-0.2, -0.15) is 0 Å². The van der Waals surface area contributed by atoms with Crippen LogP contribution < -0.4 is 10.6 Å². The summed E-state index contributed by atoms with van der Waals surface area (Å²) in [6, 6.07) is 1.37. The number of hydrogen-bond donors (Lipinski definition) is 2. The number of aliphatic imine (C=N–C) groups is 1. The summed E-state index contributed by atoms with van der Waals surface area (Å²) >= 11 is 0. The fraction of sp³-hybridized carbons (Fsp3) is 0.950. The molecule has 2 heterocycles. The van der Waals surface area contributed by atoms with Gasteiger partial charge in [0.25, 0.3) is 0 Å². The van der Waals surface area contributed by atoms with E-state index in [-0.39, 0.29) is 0 Å². The van der Waals surface area contributed by atoms with Gasteiger partial charge in [-0.1, -0.05) is 12.8 Å². The molecule has 0 amide bonds. The van der Waals surface area contributed by atoms with Crippen LogP contribution in [0.2, 0.25) is 0 Å². The first-order valence-electron chi connectivity index (χ1n) is 10.8. The minimum Gasteiger partial charge on any atom is -0.381 e. The van der Waals surface area contributed by atoms with Crippen molar-refractivity contribution in [2.75, 3.05) is 52.6 Å². The van der Waals surface area contributed by atoms with Crippen molar-refractivity contribution in [2.24, 2.45) is 10.9 Å². The van der Waals surface area contributed by atoms with Crippen LogP contribution in [0.25, 0.3) is 0 Å². The molecule has 3 aliphatic rings. The van der Waals surface area contributed by atoms with E-state index < -0.39 is 0 Å². The van der Waals surface area contributed by atoms with E-state index in [4.69, 9.17) is 14.5 Å². The Morgan fingerprint density at radius 3 is 2.88 bits per heavy atom. The maximum absolute atomic E-state index is 5.77. The molecule has 6 nitrogen and oxygen atoms in total. The molecule has 0 spiro atoms. The van der Waals surface area contributed by atoms with Gasteiger partial charge in [-0.25, -0.2) is 0 Å². The van der Waals surface area contributed by atoms with E-state index >= 15 is 0 Å². The first kappa shape index (κ1) is 19.9. The number of guanidine groups is 1. The summed E-state index contributed by atoms with van der Waals surface area (Å²) in [7, 11) is 0. The first-order valence-corrected chi connectivity index (χ1v) is 10.8. The maximum atomic E-state index is 5.77. The van der Waals surface area contributed by atoms with Gasteiger partial charge in [-0.15, -0.1) is 0 Å². The van der Waals surface area contributed by atoms with Crippen molar-refractivity contribution in [2.45, 2.75) is 64.0 Å². The van der Waals surface area contributed by atoms with Crippen molar-refractivity contribution < 1.29 is 9.47 Å². The summed E-state index contributed by atoms with van der Waals surface area (Å²) in [5.41, 5.74) is 0. The zero-order valence-electron chi connectivity index (χ0n) is 16.5. The van der Waals surface area contributed by atoms with Crippen LogP contribution in [0.4, 0.5) is 0 Å². The Balaban J connectivity index is 1.31. The molecule has 150 valence electrons. The van der Waals surface area contributed by atoms with Crippen LogP contribution >= 0.6 is 0 Å². The second-order valence-electron chi connectivity index (χ2n) is 7.98. The van der Waals surface area contributed by atoms with Crippen LogP contribution in [0, 0.1) is 5.92 Å². The Morgan fingerprint density at radius 1 is 1.23 bits per heavy atom. The lowest BCUT2D eigenvalue weighted by Crippen LogP contribution is -2.45. The fourth-order valence-electron chi connectivity index (χ4n) is 4.34. The molecule has 2 unspecified atom stereocenters. The van der Waals surface area contributed by atoms with Crippen LogP contribution in [0.3, 0.4) is 0 Å². The summed E-state index contributed by atoms with van der Waals surface area (Å²) in [5.74, 6) is 1.57. The van der Waals surface area contributed by atoms with Gasteiger partial charge in [0.15, 0.2) is 5.96 Å². The molecule has 2 atom stereocenters. The third-order valence-corrected chi connectivity index (χ3v) is 5.84.